The molecule has 6 nitrogen and oxygen atoms in total. The topological polar surface area (TPSA) is 78.7 Å². The molecule has 0 fully saturated rings. The Morgan fingerprint density at radius 1 is 1.22 bits per heavy atom. The van der Waals surface area contributed by atoms with Crippen molar-refractivity contribution < 1.29 is 18.7 Å². The maximum Gasteiger partial charge on any atom is 0.243 e. The van der Waals surface area contributed by atoms with E-state index in [-0.39, 0.29) is 12.3 Å². The molecule has 0 aliphatic heterocycles. The number of para-hydroxylation sites is 1. The Morgan fingerprint density at radius 2 is 1.91 bits per heavy atom. The minimum atomic E-state index is -1.32. The van der Waals surface area contributed by atoms with E-state index in [1.165, 1.54) is 13.0 Å². The summed E-state index contributed by atoms with van der Waals surface area (Å²) >= 11 is 0. The lowest BCUT2D eigenvalue weighted by atomic mass is 10.2. The van der Waals surface area contributed by atoms with Crippen LogP contribution in [0.5, 0.6) is 11.5 Å². The molecule has 0 aliphatic rings. The lowest BCUT2D eigenvalue weighted by Crippen LogP contribution is -1.97. The van der Waals surface area contributed by atoms with Gasteiger partial charge in [-0.25, -0.2) is 0 Å². The molecule has 0 N–H and O–H groups in total. The highest BCUT2D eigenvalue weighted by molar-refractivity contribution is 7.17. The number of nitro groups is 1. The van der Waals surface area contributed by atoms with Crippen LogP contribution in [0, 0.1) is 10.1 Å². The fraction of sp³-hybridized carbons (Fsp3) is 0.125. The number of rotatable bonds is 7. The van der Waals surface area contributed by atoms with Gasteiger partial charge in [0, 0.05) is 18.6 Å². The van der Waals surface area contributed by atoms with E-state index in [2.05, 4.69) is 0 Å². The molecule has 0 bridgehead atoms. The standard InChI is InChI=1S/C16H16NO5P/c1-12(17(18)19)10-13-6-8-15(9-7-13)21-11-14-4-2-3-5-16(14)22-23-20/h2-10H,11,23H2,1H3. The molecule has 0 radical (unpaired) electrons. The highest BCUT2D eigenvalue weighted by Gasteiger charge is 2.05. The number of nitrogens with zero attached hydrogens (tertiary/aromatic N) is 1. The van der Waals surface area contributed by atoms with Crippen LogP contribution in [-0.2, 0) is 11.2 Å². The second kappa shape index (κ2) is 8.15. The van der Waals surface area contributed by atoms with Crippen LogP contribution >= 0.6 is 8.69 Å². The zero-order valence-electron chi connectivity index (χ0n) is 12.5. The van der Waals surface area contributed by atoms with E-state index in [0.717, 1.165) is 11.1 Å². The highest BCUT2D eigenvalue weighted by Crippen LogP contribution is 2.23. The van der Waals surface area contributed by atoms with Crippen molar-refractivity contribution in [2.75, 3.05) is 0 Å². The van der Waals surface area contributed by atoms with Crippen molar-refractivity contribution in [1.29, 1.82) is 0 Å². The zero-order valence-corrected chi connectivity index (χ0v) is 13.6. The summed E-state index contributed by atoms with van der Waals surface area (Å²) in [5.41, 5.74) is 1.60. The number of hydrogen-bond acceptors (Lipinski definition) is 5. The molecule has 2 aromatic rings. The molecule has 7 heteroatoms. The largest absolute Gasteiger partial charge is 0.489 e. The molecule has 2 rings (SSSR count). The number of benzene rings is 2. The molecule has 1 atom stereocenters. The van der Waals surface area contributed by atoms with Crippen molar-refractivity contribution in [3.63, 3.8) is 0 Å². The first-order chi connectivity index (χ1) is 11.1. The Hall–Kier alpha value is -2.59. The Morgan fingerprint density at radius 3 is 2.57 bits per heavy atom. The van der Waals surface area contributed by atoms with Gasteiger partial charge in [-0.3, -0.25) is 14.7 Å². The van der Waals surface area contributed by atoms with Gasteiger partial charge in [0.2, 0.25) is 14.4 Å². The van der Waals surface area contributed by atoms with Crippen molar-refractivity contribution in [2.45, 2.75) is 13.5 Å². The summed E-state index contributed by atoms with van der Waals surface area (Å²) < 4.78 is 21.4. The molecule has 0 spiro atoms. The van der Waals surface area contributed by atoms with Crippen molar-refractivity contribution in [3.05, 3.63) is 75.5 Å². The maximum atomic E-state index is 10.7. The van der Waals surface area contributed by atoms with Gasteiger partial charge in [0.1, 0.15) is 18.1 Å². The predicted molar refractivity (Wildman–Crippen MR) is 88.9 cm³/mol. The second-order valence-corrected chi connectivity index (χ2v) is 5.15. The Labute approximate surface area is 134 Å². The Kier molecular flexibility index (Phi) is 5.94. The normalized spacial score (nSPS) is 11.6. The third-order valence-electron chi connectivity index (χ3n) is 3.09. The first-order valence-corrected chi connectivity index (χ1v) is 7.78. The van der Waals surface area contributed by atoms with Crippen molar-refractivity contribution >= 4 is 14.8 Å². The molecule has 0 saturated heterocycles. The molecule has 2 aromatic carbocycles. The molecule has 23 heavy (non-hydrogen) atoms. The molecular formula is C16H16NO5P. The average molecular weight is 333 g/mol. The average Bonchev–Trinajstić information content (AvgIpc) is 2.55. The summed E-state index contributed by atoms with van der Waals surface area (Å²) in [5.74, 6) is 1.17. The van der Waals surface area contributed by atoms with Crippen LogP contribution in [0.3, 0.4) is 0 Å². The lowest BCUT2D eigenvalue weighted by molar-refractivity contribution is -0.422. The maximum absolute atomic E-state index is 10.7. The number of ether oxygens (including phenoxy) is 1. The van der Waals surface area contributed by atoms with E-state index < -0.39 is 13.6 Å². The van der Waals surface area contributed by atoms with Gasteiger partial charge in [-0.05, 0) is 23.8 Å². The highest BCUT2D eigenvalue weighted by atomic mass is 31.1. The van der Waals surface area contributed by atoms with Gasteiger partial charge in [-0.15, -0.1) is 0 Å². The van der Waals surface area contributed by atoms with Gasteiger partial charge in [-0.1, -0.05) is 30.3 Å². The van der Waals surface area contributed by atoms with Crippen LogP contribution in [-0.4, -0.2) is 4.92 Å². The van der Waals surface area contributed by atoms with Crippen LogP contribution in [0.25, 0.3) is 6.08 Å². The molecule has 0 aromatic heterocycles. The van der Waals surface area contributed by atoms with Crippen LogP contribution < -0.4 is 9.26 Å². The van der Waals surface area contributed by atoms with Gasteiger partial charge in [0.15, 0.2) is 0 Å². The molecule has 120 valence electrons. The molecular weight excluding hydrogens is 317 g/mol. The minimum Gasteiger partial charge on any atom is -0.489 e. The summed E-state index contributed by atoms with van der Waals surface area (Å²) in [6.45, 7) is 1.72. The minimum absolute atomic E-state index is 0.0739. The van der Waals surface area contributed by atoms with Gasteiger partial charge < -0.3 is 9.26 Å². The monoisotopic (exact) mass is 333 g/mol. The SMILES string of the molecule is CC(=Cc1ccc(OCc2ccccc2O[PH2]=O)cc1)[N+](=O)[O-]. The van der Waals surface area contributed by atoms with Gasteiger partial charge in [-0.2, -0.15) is 0 Å². The number of hydrogen-bond donors (Lipinski definition) is 0. The summed E-state index contributed by atoms with van der Waals surface area (Å²) in [5, 5.41) is 10.6. The summed E-state index contributed by atoms with van der Waals surface area (Å²) in [7, 11) is -1.32. The first-order valence-electron chi connectivity index (χ1n) is 6.84. The van der Waals surface area contributed by atoms with Gasteiger partial charge in [0.25, 0.3) is 0 Å². The third-order valence-corrected chi connectivity index (χ3v) is 3.44. The van der Waals surface area contributed by atoms with Crippen molar-refractivity contribution in [2.24, 2.45) is 0 Å². The van der Waals surface area contributed by atoms with Gasteiger partial charge >= 0.3 is 0 Å². The zero-order chi connectivity index (χ0) is 16.7. The predicted octanol–water partition coefficient (Wildman–Crippen LogP) is 3.95. The van der Waals surface area contributed by atoms with Crippen molar-refractivity contribution in [3.8, 4) is 11.5 Å². The van der Waals surface area contributed by atoms with Crippen molar-refractivity contribution in [1.82, 2.24) is 0 Å². The quantitative estimate of drug-likeness (QED) is 0.435. The van der Waals surface area contributed by atoms with E-state index in [0.29, 0.717) is 11.5 Å². The van der Waals surface area contributed by atoms with E-state index in [1.54, 1.807) is 36.4 Å². The second-order valence-electron chi connectivity index (χ2n) is 4.72. The molecule has 0 aliphatic carbocycles. The van der Waals surface area contributed by atoms with E-state index in [4.69, 9.17) is 9.26 Å². The van der Waals surface area contributed by atoms with Crippen LogP contribution in [0.4, 0.5) is 0 Å². The summed E-state index contributed by atoms with van der Waals surface area (Å²) in [6.07, 6.45) is 1.49. The fourth-order valence-corrected chi connectivity index (χ4v) is 2.24. The molecule has 1 unspecified atom stereocenters. The van der Waals surface area contributed by atoms with Gasteiger partial charge in [0.05, 0.1) is 4.92 Å². The molecule has 0 heterocycles. The van der Waals surface area contributed by atoms with E-state index >= 15 is 0 Å². The van der Waals surface area contributed by atoms with Crippen LogP contribution in [0.15, 0.2) is 54.2 Å². The summed E-state index contributed by atoms with van der Waals surface area (Å²) in [4.78, 5) is 10.2. The van der Waals surface area contributed by atoms with Crippen LogP contribution in [0.2, 0.25) is 0 Å². The first kappa shape index (κ1) is 16.8. The smallest absolute Gasteiger partial charge is 0.243 e. The summed E-state index contributed by atoms with van der Waals surface area (Å²) in [6, 6.07) is 14.2. The lowest BCUT2D eigenvalue weighted by Gasteiger charge is -2.09. The molecule has 0 saturated carbocycles. The Balaban J connectivity index is 2.03. The molecule has 0 amide bonds. The fourth-order valence-electron chi connectivity index (χ4n) is 1.91. The van der Waals surface area contributed by atoms with Crippen LogP contribution in [0.1, 0.15) is 18.1 Å². The van der Waals surface area contributed by atoms with E-state index in [1.807, 2.05) is 12.1 Å². The number of allylic oxidation sites excluding steroid dienone is 1. The Bertz CT molecular complexity index is 728. The van der Waals surface area contributed by atoms with E-state index in [9.17, 15) is 14.7 Å². The third kappa shape index (κ3) is 4.97.